The van der Waals surface area contributed by atoms with Gasteiger partial charge in [0.05, 0.1) is 16.7 Å². The van der Waals surface area contributed by atoms with Crippen molar-refractivity contribution in [1.82, 2.24) is 15.4 Å². The van der Waals surface area contributed by atoms with Crippen LogP contribution in [0.2, 0.25) is 0 Å². The maximum atomic E-state index is 11.6. The highest BCUT2D eigenvalue weighted by Gasteiger charge is 2.15. The fourth-order valence-electron chi connectivity index (χ4n) is 1.75. The Kier molecular flexibility index (Phi) is 3.74. The highest BCUT2D eigenvalue weighted by molar-refractivity contribution is 5.82. The number of nitrogens with one attached hydrogen (secondary N) is 2. The number of fused-ring (bicyclic) bond motifs is 1. The lowest BCUT2D eigenvalue weighted by Gasteiger charge is -2.20. The van der Waals surface area contributed by atoms with Crippen molar-refractivity contribution in [2.75, 3.05) is 5.43 Å². The number of aromatic nitrogens is 2. The van der Waals surface area contributed by atoms with Crippen LogP contribution in [-0.2, 0) is 4.74 Å². The SMILES string of the molecule is Cc1cc(NNC(=O)OC(C)(C)C)cc2nccnc12. The molecule has 106 valence electrons. The molecule has 2 N–H and O–H groups in total. The van der Waals surface area contributed by atoms with E-state index in [2.05, 4.69) is 20.8 Å². The smallest absolute Gasteiger partial charge is 0.426 e. The van der Waals surface area contributed by atoms with E-state index in [4.69, 9.17) is 4.74 Å². The van der Waals surface area contributed by atoms with Crippen molar-refractivity contribution in [2.45, 2.75) is 33.3 Å². The maximum Gasteiger partial charge on any atom is 0.426 e. The van der Waals surface area contributed by atoms with Crippen molar-refractivity contribution in [3.8, 4) is 0 Å². The van der Waals surface area contributed by atoms with Gasteiger partial charge in [-0.3, -0.25) is 15.4 Å². The molecule has 0 aliphatic carbocycles. The zero-order valence-corrected chi connectivity index (χ0v) is 12.0. The van der Waals surface area contributed by atoms with Crippen LogP contribution in [-0.4, -0.2) is 21.7 Å². The Morgan fingerprint density at radius 3 is 2.60 bits per heavy atom. The van der Waals surface area contributed by atoms with E-state index in [-0.39, 0.29) is 0 Å². The third kappa shape index (κ3) is 3.57. The third-order valence-electron chi connectivity index (χ3n) is 2.47. The van der Waals surface area contributed by atoms with E-state index in [1.165, 1.54) is 0 Å². The summed E-state index contributed by atoms with van der Waals surface area (Å²) >= 11 is 0. The number of ether oxygens (including phenoxy) is 1. The van der Waals surface area contributed by atoms with E-state index in [0.717, 1.165) is 22.3 Å². The van der Waals surface area contributed by atoms with Gasteiger partial charge in [-0.05, 0) is 45.4 Å². The Labute approximate surface area is 117 Å². The molecule has 6 nitrogen and oxygen atoms in total. The standard InChI is InChI=1S/C14H18N4O2/c1-9-7-10(8-11-12(9)16-6-5-15-11)17-18-13(19)20-14(2,3)4/h5-8,17H,1-4H3,(H,18,19). The van der Waals surface area contributed by atoms with Crippen LogP contribution >= 0.6 is 0 Å². The van der Waals surface area contributed by atoms with E-state index in [0.29, 0.717) is 0 Å². The van der Waals surface area contributed by atoms with Gasteiger partial charge in [-0.25, -0.2) is 10.2 Å². The van der Waals surface area contributed by atoms with E-state index in [1.807, 2.05) is 39.8 Å². The van der Waals surface area contributed by atoms with Crippen molar-refractivity contribution in [2.24, 2.45) is 0 Å². The largest absolute Gasteiger partial charge is 0.443 e. The molecule has 0 saturated carbocycles. The first-order valence-electron chi connectivity index (χ1n) is 6.31. The number of benzene rings is 1. The van der Waals surface area contributed by atoms with E-state index < -0.39 is 11.7 Å². The van der Waals surface area contributed by atoms with Crippen molar-refractivity contribution in [1.29, 1.82) is 0 Å². The molecule has 0 unspecified atom stereocenters. The zero-order valence-electron chi connectivity index (χ0n) is 12.0. The van der Waals surface area contributed by atoms with E-state index >= 15 is 0 Å². The molecule has 6 heteroatoms. The number of hydrazine groups is 1. The summed E-state index contributed by atoms with van der Waals surface area (Å²) in [6.45, 7) is 7.36. The van der Waals surface area contributed by atoms with Gasteiger partial charge in [0.15, 0.2) is 0 Å². The molecule has 0 bridgehead atoms. The topological polar surface area (TPSA) is 76.1 Å². The summed E-state index contributed by atoms with van der Waals surface area (Å²) in [4.78, 5) is 20.1. The second-order valence-corrected chi connectivity index (χ2v) is 5.47. The number of rotatable bonds is 2. The van der Waals surface area contributed by atoms with Crippen LogP contribution in [0.5, 0.6) is 0 Å². The van der Waals surface area contributed by atoms with Gasteiger partial charge in [-0.15, -0.1) is 0 Å². The van der Waals surface area contributed by atoms with Crippen LogP contribution in [0.25, 0.3) is 11.0 Å². The molecule has 0 saturated heterocycles. The first-order valence-corrected chi connectivity index (χ1v) is 6.31. The van der Waals surface area contributed by atoms with Crippen molar-refractivity contribution < 1.29 is 9.53 Å². The molecular formula is C14H18N4O2. The summed E-state index contributed by atoms with van der Waals surface area (Å²) in [5.74, 6) is 0. The first-order chi connectivity index (χ1) is 9.35. The number of anilines is 1. The minimum absolute atomic E-state index is 0.531. The van der Waals surface area contributed by atoms with Crippen LogP contribution in [0.1, 0.15) is 26.3 Å². The van der Waals surface area contributed by atoms with E-state index in [1.54, 1.807) is 12.4 Å². The summed E-state index contributed by atoms with van der Waals surface area (Å²) in [6, 6.07) is 3.70. The lowest BCUT2D eigenvalue weighted by molar-refractivity contribution is 0.0541. The molecule has 2 rings (SSSR count). The second-order valence-electron chi connectivity index (χ2n) is 5.47. The third-order valence-corrected chi connectivity index (χ3v) is 2.47. The molecular weight excluding hydrogens is 256 g/mol. The van der Waals surface area contributed by atoms with Crippen LogP contribution in [0, 0.1) is 6.92 Å². The lowest BCUT2D eigenvalue weighted by atomic mass is 10.2. The molecule has 0 atom stereocenters. The summed E-state index contributed by atoms with van der Waals surface area (Å²) in [5.41, 5.74) is 8.07. The highest BCUT2D eigenvalue weighted by Crippen LogP contribution is 2.19. The fraction of sp³-hybridized carbons (Fsp3) is 0.357. The van der Waals surface area contributed by atoms with Gasteiger partial charge in [0, 0.05) is 12.4 Å². The summed E-state index contributed by atoms with van der Waals surface area (Å²) in [6.07, 6.45) is 2.75. The quantitative estimate of drug-likeness (QED) is 0.823. The first kappa shape index (κ1) is 14.0. The number of hydrogen-bond acceptors (Lipinski definition) is 5. The summed E-state index contributed by atoms with van der Waals surface area (Å²) < 4.78 is 5.14. The van der Waals surface area contributed by atoms with Crippen molar-refractivity contribution >= 4 is 22.8 Å². The Bertz CT molecular complexity index is 635. The van der Waals surface area contributed by atoms with Gasteiger partial charge in [-0.2, -0.15) is 0 Å². The van der Waals surface area contributed by atoms with E-state index in [9.17, 15) is 4.79 Å². The molecule has 1 heterocycles. The average Bonchev–Trinajstić information content (AvgIpc) is 2.34. The number of aryl methyl sites for hydroxylation is 1. The molecule has 0 fully saturated rings. The van der Waals surface area contributed by atoms with Crippen molar-refractivity contribution in [3.05, 3.63) is 30.1 Å². The molecule has 1 aromatic heterocycles. The molecule has 0 radical (unpaired) electrons. The Morgan fingerprint density at radius 1 is 1.20 bits per heavy atom. The van der Waals surface area contributed by atoms with Gasteiger partial charge < -0.3 is 4.74 Å². The number of carbonyl (C=O) groups is 1. The summed E-state index contributed by atoms with van der Waals surface area (Å²) in [5, 5.41) is 0. The van der Waals surface area contributed by atoms with Crippen LogP contribution in [0.15, 0.2) is 24.5 Å². The zero-order chi connectivity index (χ0) is 14.8. The Balaban J connectivity index is 2.09. The highest BCUT2D eigenvalue weighted by atomic mass is 16.6. The van der Waals surface area contributed by atoms with Crippen LogP contribution < -0.4 is 10.9 Å². The molecule has 20 heavy (non-hydrogen) atoms. The predicted molar refractivity (Wildman–Crippen MR) is 77.3 cm³/mol. The van der Waals surface area contributed by atoms with Gasteiger partial charge in [0.25, 0.3) is 0 Å². The van der Waals surface area contributed by atoms with Gasteiger partial charge >= 0.3 is 6.09 Å². The van der Waals surface area contributed by atoms with Crippen molar-refractivity contribution in [3.63, 3.8) is 0 Å². The number of amides is 1. The normalized spacial score (nSPS) is 11.2. The lowest BCUT2D eigenvalue weighted by Crippen LogP contribution is -2.35. The molecule has 2 aromatic rings. The van der Waals surface area contributed by atoms with Crippen LogP contribution in [0.3, 0.4) is 0 Å². The molecule has 1 aromatic carbocycles. The van der Waals surface area contributed by atoms with Gasteiger partial charge in [0.2, 0.25) is 0 Å². The average molecular weight is 274 g/mol. The monoisotopic (exact) mass is 274 g/mol. The Morgan fingerprint density at radius 2 is 1.90 bits per heavy atom. The number of nitrogens with zero attached hydrogens (tertiary/aromatic N) is 2. The number of carbonyl (C=O) groups excluding carboxylic acids is 1. The predicted octanol–water partition coefficient (Wildman–Crippen LogP) is 2.79. The van der Waals surface area contributed by atoms with Crippen LogP contribution in [0.4, 0.5) is 10.5 Å². The minimum Gasteiger partial charge on any atom is -0.443 e. The fourth-order valence-corrected chi connectivity index (χ4v) is 1.75. The molecule has 0 aliphatic heterocycles. The molecule has 0 spiro atoms. The number of hydrogen-bond donors (Lipinski definition) is 2. The molecule has 1 amide bonds. The van der Waals surface area contributed by atoms with Gasteiger partial charge in [0.1, 0.15) is 5.60 Å². The van der Waals surface area contributed by atoms with Gasteiger partial charge in [-0.1, -0.05) is 0 Å². The summed E-state index contributed by atoms with van der Waals surface area (Å²) in [7, 11) is 0. The minimum atomic E-state index is -0.533. The molecule has 0 aliphatic rings. The maximum absolute atomic E-state index is 11.6. The second kappa shape index (κ2) is 5.32. The Hall–Kier alpha value is -2.37.